The summed E-state index contributed by atoms with van der Waals surface area (Å²) in [6.45, 7) is 6.51. The van der Waals surface area contributed by atoms with Crippen LogP contribution in [0.25, 0.3) is 5.69 Å². The highest BCUT2D eigenvalue weighted by molar-refractivity contribution is 5.79. The molecule has 134 valence electrons. The van der Waals surface area contributed by atoms with Crippen molar-refractivity contribution in [1.29, 1.82) is 0 Å². The zero-order valence-corrected chi connectivity index (χ0v) is 15.1. The van der Waals surface area contributed by atoms with Gasteiger partial charge in [-0.1, -0.05) is 18.2 Å². The second-order valence-corrected chi connectivity index (χ2v) is 6.99. The van der Waals surface area contributed by atoms with E-state index >= 15 is 0 Å². The monoisotopic (exact) mass is 351 g/mol. The van der Waals surface area contributed by atoms with Crippen molar-refractivity contribution in [3.8, 4) is 5.69 Å². The quantitative estimate of drug-likeness (QED) is 0.722. The molecule has 3 aromatic rings. The summed E-state index contributed by atoms with van der Waals surface area (Å²) >= 11 is 0. The highest BCUT2D eigenvalue weighted by Gasteiger charge is 2.47. The Kier molecular flexibility index (Phi) is 3.86. The minimum Gasteiger partial charge on any atom is -0.467 e. The number of carbonyl (C=O) groups excluding carboxylic acids is 1. The SMILES string of the molecule is Cc1cccc(C)c1-n1nnnc1C1(C)CCC(=O)N1Cc1ccco1. The van der Waals surface area contributed by atoms with Crippen LogP contribution in [0.4, 0.5) is 0 Å². The first-order chi connectivity index (χ1) is 12.5. The first kappa shape index (κ1) is 16.5. The molecule has 2 aromatic heterocycles. The van der Waals surface area contributed by atoms with E-state index in [1.807, 2.05) is 56.0 Å². The summed E-state index contributed by atoms with van der Waals surface area (Å²) in [4.78, 5) is 14.4. The Bertz CT molecular complexity index is 927. The second-order valence-electron chi connectivity index (χ2n) is 6.99. The first-order valence-corrected chi connectivity index (χ1v) is 8.69. The van der Waals surface area contributed by atoms with Crippen LogP contribution in [0.5, 0.6) is 0 Å². The molecule has 1 amide bonds. The number of likely N-dealkylation sites (tertiary alicyclic amines) is 1. The lowest BCUT2D eigenvalue weighted by Gasteiger charge is -2.33. The molecule has 1 fully saturated rings. The molecule has 0 bridgehead atoms. The fraction of sp³-hybridized carbons (Fsp3) is 0.368. The molecule has 0 N–H and O–H groups in total. The van der Waals surface area contributed by atoms with Crippen molar-refractivity contribution < 1.29 is 9.21 Å². The highest BCUT2D eigenvalue weighted by Crippen LogP contribution is 2.40. The maximum atomic E-state index is 12.6. The number of amides is 1. The molecular weight excluding hydrogens is 330 g/mol. The fourth-order valence-electron chi connectivity index (χ4n) is 3.76. The van der Waals surface area contributed by atoms with Crippen LogP contribution in [0.2, 0.25) is 0 Å². The smallest absolute Gasteiger partial charge is 0.223 e. The number of hydrogen-bond donors (Lipinski definition) is 0. The number of nitrogens with zero attached hydrogens (tertiary/aromatic N) is 5. The van der Waals surface area contributed by atoms with Gasteiger partial charge in [0.15, 0.2) is 5.82 Å². The Morgan fingerprint density at radius 3 is 2.65 bits per heavy atom. The van der Waals surface area contributed by atoms with Gasteiger partial charge in [-0.2, -0.15) is 4.68 Å². The third-order valence-corrected chi connectivity index (χ3v) is 5.22. The number of hydrogen-bond acceptors (Lipinski definition) is 5. The van der Waals surface area contributed by atoms with Crippen LogP contribution in [0.1, 0.15) is 42.5 Å². The van der Waals surface area contributed by atoms with E-state index in [9.17, 15) is 4.79 Å². The average molecular weight is 351 g/mol. The van der Waals surface area contributed by atoms with Crippen LogP contribution in [0.3, 0.4) is 0 Å². The molecule has 1 unspecified atom stereocenters. The van der Waals surface area contributed by atoms with Gasteiger partial charge in [0.2, 0.25) is 5.91 Å². The van der Waals surface area contributed by atoms with Gasteiger partial charge in [0, 0.05) is 6.42 Å². The Morgan fingerprint density at radius 2 is 1.96 bits per heavy atom. The van der Waals surface area contributed by atoms with Crippen molar-refractivity contribution in [2.24, 2.45) is 0 Å². The highest BCUT2D eigenvalue weighted by atomic mass is 16.3. The number of para-hydroxylation sites is 1. The molecular formula is C19H21N5O2. The third-order valence-electron chi connectivity index (χ3n) is 5.22. The summed E-state index contributed by atoms with van der Waals surface area (Å²) in [5.74, 6) is 1.50. The number of aromatic nitrogens is 4. The van der Waals surface area contributed by atoms with Gasteiger partial charge in [0.05, 0.1) is 18.5 Å². The maximum absolute atomic E-state index is 12.6. The number of tetrazole rings is 1. The number of carbonyl (C=O) groups is 1. The summed E-state index contributed by atoms with van der Waals surface area (Å²) in [5.41, 5.74) is 2.54. The van der Waals surface area contributed by atoms with Crippen molar-refractivity contribution >= 4 is 5.91 Å². The molecule has 0 radical (unpaired) electrons. The van der Waals surface area contributed by atoms with E-state index in [0.29, 0.717) is 25.2 Å². The molecule has 7 nitrogen and oxygen atoms in total. The van der Waals surface area contributed by atoms with Gasteiger partial charge in [0.25, 0.3) is 0 Å². The van der Waals surface area contributed by atoms with Crippen molar-refractivity contribution in [3.05, 3.63) is 59.3 Å². The Morgan fingerprint density at radius 1 is 1.19 bits per heavy atom. The summed E-state index contributed by atoms with van der Waals surface area (Å²) in [7, 11) is 0. The van der Waals surface area contributed by atoms with E-state index in [0.717, 1.165) is 22.6 Å². The molecule has 1 aliphatic heterocycles. The summed E-state index contributed by atoms with van der Waals surface area (Å²) in [6.07, 6.45) is 2.75. The van der Waals surface area contributed by atoms with Crippen LogP contribution in [0, 0.1) is 13.8 Å². The zero-order chi connectivity index (χ0) is 18.3. The fourth-order valence-corrected chi connectivity index (χ4v) is 3.76. The van der Waals surface area contributed by atoms with Crippen LogP contribution >= 0.6 is 0 Å². The molecule has 1 aliphatic rings. The van der Waals surface area contributed by atoms with E-state index in [4.69, 9.17) is 4.42 Å². The van der Waals surface area contributed by atoms with Gasteiger partial charge in [-0.05, 0) is 60.9 Å². The predicted octanol–water partition coefficient (Wildman–Crippen LogP) is 2.91. The van der Waals surface area contributed by atoms with E-state index in [1.165, 1.54) is 0 Å². The number of benzene rings is 1. The normalized spacial score (nSPS) is 20.1. The van der Waals surface area contributed by atoms with Gasteiger partial charge in [-0.25, -0.2) is 0 Å². The van der Waals surface area contributed by atoms with Crippen molar-refractivity contribution in [1.82, 2.24) is 25.1 Å². The van der Waals surface area contributed by atoms with Gasteiger partial charge < -0.3 is 9.32 Å². The number of rotatable bonds is 4. The molecule has 0 saturated carbocycles. The van der Waals surface area contributed by atoms with E-state index in [1.54, 1.807) is 10.9 Å². The molecule has 1 saturated heterocycles. The second kappa shape index (κ2) is 6.09. The Hall–Kier alpha value is -2.96. The molecule has 26 heavy (non-hydrogen) atoms. The standard InChI is InChI=1S/C19H21N5O2/c1-13-6-4-7-14(2)17(13)24-18(20-21-22-24)19(3)10-9-16(25)23(19)12-15-8-5-11-26-15/h4-8,11H,9-10,12H2,1-3H3. The Balaban J connectivity index is 1.80. The summed E-state index contributed by atoms with van der Waals surface area (Å²) in [6, 6.07) is 9.80. The molecule has 7 heteroatoms. The van der Waals surface area contributed by atoms with Crippen LogP contribution < -0.4 is 0 Å². The van der Waals surface area contributed by atoms with Crippen LogP contribution in [0.15, 0.2) is 41.0 Å². The molecule has 0 aliphatic carbocycles. The third kappa shape index (κ3) is 2.51. The molecule has 4 rings (SSSR count). The minimum absolute atomic E-state index is 0.0833. The van der Waals surface area contributed by atoms with Crippen LogP contribution in [-0.2, 0) is 16.9 Å². The molecule has 0 spiro atoms. The number of furan rings is 1. The summed E-state index contributed by atoms with van der Waals surface area (Å²) < 4.78 is 7.23. The summed E-state index contributed by atoms with van der Waals surface area (Å²) in [5, 5.41) is 12.5. The van der Waals surface area contributed by atoms with E-state index in [-0.39, 0.29) is 5.91 Å². The Labute approximate surface area is 151 Å². The predicted molar refractivity (Wildman–Crippen MR) is 94.5 cm³/mol. The van der Waals surface area contributed by atoms with Crippen LogP contribution in [-0.4, -0.2) is 31.0 Å². The van der Waals surface area contributed by atoms with Gasteiger partial charge in [0.1, 0.15) is 11.3 Å². The first-order valence-electron chi connectivity index (χ1n) is 8.69. The maximum Gasteiger partial charge on any atom is 0.223 e. The van der Waals surface area contributed by atoms with Gasteiger partial charge >= 0.3 is 0 Å². The molecule has 1 atom stereocenters. The molecule has 1 aromatic carbocycles. The number of aryl methyl sites for hydroxylation is 2. The van der Waals surface area contributed by atoms with Crippen molar-refractivity contribution in [2.45, 2.75) is 45.7 Å². The van der Waals surface area contributed by atoms with Gasteiger partial charge in [-0.15, -0.1) is 5.10 Å². The largest absolute Gasteiger partial charge is 0.467 e. The lowest BCUT2D eigenvalue weighted by molar-refractivity contribution is -0.132. The van der Waals surface area contributed by atoms with Crippen molar-refractivity contribution in [3.63, 3.8) is 0 Å². The topological polar surface area (TPSA) is 77.1 Å². The van der Waals surface area contributed by atoms with E-state index < -0.39 is 5.54 Å². The molecule has 3 heterocycles. The van der Waals surface area contributed by atoms with E-state index in [2.05, 4.69) is 15.5 Å². The lowest BCUT2D eigenvalue weighted by Crippen LogP contribution is -2.42. The van der Waals surface area contributed by atoms with Gasteiger partial charge in [-0.3, -0.25) is 4.79 Å². The lowest BCUT2D eigenvalue weighted by atomic mass is 9.97. The zero-order valence-electron chi connectivity index (χ0n) is 15.1. The minimum atomic E-state index is -0.595. The average Bonchev–Trinajstić information content (AvgIpc) is 3.33. The van der Waals surface area contributed by atoms with Crippen molar-refractivity contribution in [2.75, 3.05) is 0 Å².